The van der Waals surface area contributed by atoms with Crippen molar-refractivity contribution in [2.45, 2.75) is 0 Å². The Morgan fingerprint density at radius 1 is 1.16 bits per heavy atom. The van der Waals surface area contributed by atoms with Crippen LogP contribution < -0.4 is 5.32 Å². The van der Waals surface area contributed by atoms with Crippen molar-refractivity contribution in [2.24, 2.45) is 0 Å². The van der Waals surface area contributed by atoms with Gasteiger partial charge < -0.3 is 15.5 Å². The van der Waals surface area contributed by atoms with E-state index in [1.165, 1.54) is 24.3 Å². The Bertz CT molecular complexity index is 626. The molecule has 0 atom stereocenters. The first-order valence-electron chi connectivity index (χ1n) is 5.26. The predicted octanol–water partition coefficient (Wildman–Crippen LogP) is 3.09. The molecule has 0 unspecified atom stereocenters. The average molecular weight is 373 g/mol. The molecular formula is C13H9FINO3. The van der Waals surface area contributed by atoms with E-state index >= 15 is 0 Å². The molecule has 1 amide bonds. The molecule has 0 fully saturated rings. The molecule has 0 aromatic heterocycles. The largest absolute Gasteiger partial charge is 0.508 e. The summed E-state index contributed by atoms with van der Waals surface area (Å²) in [5.41, 5.74) is 0.408. The molecule has 19 heavy (non-hydrogen) atoms. The molecule has 2 aromatic rings. The van der Waals surface area contributed by atoms with Gasteiger partial charge in [0.25, 0.3) is 5.91 Å². The molecule has 0 saturated carbocycles. The fraction of sp³-hybridized carbons (Fsp3) is 0. The van der Waals surface area contributed by atoms with Crippen LogP contribution in [0.5, 0.6) is 11.5 Å². The SMILES string of the molecule is O=C(Nc1cccc(F)c1I)c1cc(O)cc(O)c1. The van der Waals surface area contributed by atoms with Crippen LogP contribution in [0.2, 0.25) is 0 Å². The van der Waals surface area contributed by atoms with Crippen LogP contribution in [-0.2, 0) is 0 Å². The summed E-state index contributed by atoms with van der Waals surface area (Å²) in [6, 6.07) is 7.86. The van der Waals surface area contributed by atoms with Crippen molar-refractivity contribution in [1.29, 1.82) is 0 Å². The van der Waals surface area contributed by atoms with Crippen LogP contribution in [0.25, 0.3) is 0 Å². The highest BCUT2D eigenvalue weighted by atomic mass is 127. The second-order valence-corrected chi connectivity index (χ2v) is 4.87. The molecule has 0 aliphatic rings. The Morgan fingerprint density at radius 2 is 1.79 bits per heavy atom. The normalized spacial score (nSPS) is 10.2. The quantitative estimate of drug-likeness (QED) is 0.709. The zero-order chi connectivity index (χ0) is 14.0. The van der Waals surface area contributed by atoms with E-state index in [0.29, 0.717) is 5.69 Å². The van der Waals surface area contributed by atoms with Gasteiger partial charge in [-0.2, -0.15) is 0 Å². The van der Waals surface area contributed by atoms with Crippen molar-refractivity contribution in [3.8, 4) is 11.5 Å². The molecule has 98 valence electrons. The monoisotopic (exact) mass is 373 g/mol. The van der Waals surface area contributed by atoms with Gasteiger partial charge in [-0.05, 0) is 46.9 Å². The minimum Gasteiger partial charge on any atom is -0.508 e. The van der Waals surface area contributed by atoms with E-state index in [1.54, 1.807) is 28.7 Å². The number of anilines is 1. The Morgan fingerprint density at radius 3 is 2.42 bits per heavy atom. The van der Waals surface area contributed by atoms with E-state index in [4.69, 9.17) is 0 Å². The maximum atomic E-state index is 13.3. The highest BCUT2D eigenvalue weighted by Gasteiger charge is 2.12. The van der Waals surface area contributed by atoms with Crippen molar-refractivity contribution < 1.29 is 19.4 Å². The molecule has 0 aliphatic heterocycles. The Kier molecular flexibility index (Phi) is 3.89. The second-order valence-electron chi connectivity index (χ2n) is 3.79. The first kappa shape index (κ1) is 13.6. The van der Waals surface area contributed by atoms with Gasteiger partial charge in [0.1, 0.15) is 17.3 Å². The lowest BCUT2D eigenvalue weighted by molar-refractivity contribution is 0.102. The van der Waals surface area contributed by atoms with E-state index in [9.17, 15) is 19.4 Å². The van der Waals surface area contributed by atoms with Gasteiger partial charge in [-0.1, -0.05) is 6.07 Å². The molecule has 0 bridgehead atoms. The molecule has 0 aliphatic carbocycles. The third-order valence-electron chi connectivity index (χ3n) is 2.36. The number of carbonyl (C=O) groups excluding carboxylic acids is 1. The minimum absolute atomic E-state index is 0.0811. The Balaban J connectivity index is 2.28. The van der Waals surface area contributed by atoms with Crippen LogP contribution in [0, 0.1) is 9.39 Å². The van der Waals surface area contributed by atoms with Crippen molar-refractivity contribution in [1.82, 2.24) is 0 Å². The van der Waals surface area contributed by atoms with E-state index in [1.807, 2.05) is 0 Å². The lowest BCUT2D eigenvalue weighted by atomic mass is 10.2. The summed E-state index contributed by atoms with van der Waals surface area (Å²) in [6.45, 7) is 0. The zero-order valence-electron chi connectivity index (χ0n) is 9.52. The summed E-state index contributed by atoms with van der Waals surface area (Å²) in [4.78, 5) is 11.9. The number of rotatable bonds is 2. The number of phenolic OH excluding ortho intramolecular Hbond substituents is 2. The number of aromatic hydroxyl groups is 2. The van der Waals surface area contributed by atoms with Crippen LogP contribution >= 0.6 is 22.6 Å². The van der Waals surface area contributed by atoms with Crippen LogP contribution in [-0.4, -0.2) is 16.1 Å². The molecule has 0 radical (unpaired) electrons. The van der Waals surface area contributed by atoms with E-state index < -0.39 is 11.7 Å². The number of nitrogens with one attached hydrogen (secondary N) is 1. The van der Waals surface area contributed by atoms with Gasteiger partial charge in [0.05, 0.1) is 9.26 Å². The molecule has 0 heterocycles. The van der Waals surface area contributed by atoms with E-state index in [2.05, 4.69) is 5.32 Å². The van der Waals surface area contributed by atoms with Gasteiger partial charge in [-0.15, -0.1) is 0 Å². The molecule has 2 rings (SSSR count). The summed E-state index contributed by atoms with van der Waals surface area (Å²) in [5, 5.41) is 21.1. The lowest BCUT2D eigenvalue weighted by Gasteiger charge is -2.08. The number of benzene rings is 2. The molecule has 3 N–H and O–H groups in total. The topological polar surface area (TPSA) is 69.6 Å². The molecule has 2 aromatic carbocycles. The second kappa shape index (κ2) is 5.43. The first-order chi connectivity index (χ1) is 8.97. The Hall–Kier alpha value is -1.83. The molecule has 0 spiro atoms. The standard InChI is InChI=1S/C13H9FINO3/c14-10-2-1-3-11(12(10)15)16-13(19)7-4-8(17)6-9(18)5-7/h1-6,17-18H,(H,16,19). The van der Waals surface area contributed by atoms with E-state index in [0.717, 1.165) is 6.07 Å². The zero-order valence-corrected chi connectivity index (χ0v) is 11.7. The van der Waals surface area contributed by atoms with Crippen LogP contribution in [0.1, 0.15) is 10.4 Å². The molecule has 4 nitrogen and oxygen atoms in total. The predicted molar refractivity (Wildman–Crippen MR) is 76.8 cm³/mol. The number of amides is 1. The summed E-state index contributed by atoms with van der Waals surface area (Å²) in [7, 11) is 0. The number of phenols is 2. The van der Waals surface area contributed by atoms with Crippen molar-refractivity contribution in [3.05, 3.63) is 51.3 Å². The molecule has 0 saturated heterocycles. The highest BCUT2D eigenvalue weighted by Crippen LogP contribution is 2.24. The third-order valence-corrected chi connectivity index (χ3v) is 3.46. The first-order valence-corrected chi connectivity index (χ1v) is 6.33. The lowest BCUT2D eigenvalue weighted by Crippen LogP contribution is -2.13. The fourth-order valence-corrected chi connectivity index (χ4v) is 2.02. The van der Waals surface area contributed by atoms with Crippen molar-refractivity contribution in [2.75, 3.05) is 5.32 Å². The molecular weight excluding hydrogens is 364 g/mol. The number of halogens is 2. The van der Waals surface area contributed by atoms with Gasteiger partial charge >= 0.3 is 0 Å². The fourth-order valence-electron chi connectivity index (χ4n) is 1.52. The van der Waals surface area contributed by atoms with Gasteiger partial charge in [0, 0.05) is 11.6 Å². The number of hydrogen-bond acceptors (Lipinski definition) is 3. The molecule has 6 heteroatoms. The van der Waals surface area contributed by atoms with Gasteiger partial charge in [-0.3, -0.25) is 4.79 Å². The average Bonchev–Trinajstić information content (AvgIpc) is 2.33. The smallest absolute Gasteiger partial charge is 0.255 e. The summed E-state index contributed by atoms with van der Waals surface area (Å²) in [6.07, 6.45) is 0. The number of carbonyl (C=O) groups is 1. The summed E-state index contributed by atoms with van der Waals surface area (Å²) in [5.74, 6) is -1.43. The minimum atomic E-state index is -0.547. The summed E-state index contributed by atoms with van der Waals surface area (Å²) >= 11 is 1.78. The van der Waals surface area contributed by atoms with Gasteiger partial charge in [-0.25, -0.2) is 4.39 Å². The van der Waals surface area contributed by atoms with E-state index in [-0.39, 0.29) is 20.6 Å². The van der Waals surface area contributed by atoms with Crippen LogP contribution in [0.3, 0.4) is 0 Å². The maximum Gasteiger partial charge on any atom is 0.255 e. The number of hydrogen-bond donors (Lipinski definition) is 3. The third kappa shape index (κ3) is 3.14. The van der Waals surface area contributed by atoms with Gasteiger partial charge in [0.2, 0.25) is 0 Å². The van der Waals surface area contributed by atoms with Crippen molar-refractivity contribution >= 4 is 34.2 Å². The van der Waals surface area contributed by atoms with Crippen LogP contribution in [0.4, 0.5) is 10.1 Å². The van der Waals surface area contributed by atoms with Gasteiger partial charge in [0.15, 0.2) is 0 Å². The van der Waals surface area contributed by atoms with Crippen LogP contribution in [0.15, 0.2) is 36.4 Å². The maximum absolute atomic E-state index is 13.3. The highest BCUT2D eigenvalue weighted by molar-refractivity contribution is 14.1. The Labute approximate surface area is 122 Å². The van der Waals surface area contributed by atoms with Crippen molar-refractivity contribution in [3.63, 3.8) is 0 Å². The summed E-state index contributed by atoms with van der Waals surface area (Å²) < 4.78 is 13.6.